The van der Waals surface area contributed by atoms with Crippen LogP contribution in [0.3, 0.4) is 0 Å². The number of nitrogens with zero attached hydrogens (tertiary/aromatic N) is 4. The summed E-state index contributed by atoms with van der Waals surface area (Å²) in [6.45, 7) is 4.67. The summed E-state index contributed by atoms with van der Waals surface area (Å²) in [7, 11) is 0. The molecule has 0 spiro atoms. The summed E-state index contributed by atoms with van der Waals surface area (Å²) < 4.78 is 0. The summed E-state index contributed by atoms with van der Waals surface area (Å²) in [6.07, 6.45) is 4.82. The molecular formula is C55H41N5. The van der Waals surface area contributed by atoms with Gasteiger partial charge in [-0.2, -0.15) is 0 Å². The maximum atomic E-state index is 5.07. The molecule has 1 aliphatic heterocycles. The van der Waals surface area contributed by atoms with E-state index in [1.54, 1.807) is 0 Å². The van der Waals surface area contributed by atoms with Crippen molar-refractivity contribution in [1.29, 1.82) is 0 Å². The van der Waals surface area contributed by atoms with Gasteiger partial charge in [0.05, 0.1) is 11.4 Å². The van der Waals surface area contributed by atoms with Crippen molar-refractivity contribution in [2.75, 3.05) is 10.2 Å². The Hall–Kier alpha value is -7.81. The molecule has 0 atom stereocenters. The van der Waals surface area contributed by atoms with Gasteiger partial charge >= 0.3 is 0 Å². The Labute approximate surface area is 351 Å². The summed E-state index contributed by atoms with van der Waals surface area (Å²) in [5.74, 6) is 8.80. The van der Waals surface area contributed by atoms with Crippen molar-refractivity contribution in [2.45, 2.75) is 25.7 Å². The van der Waals surface area contributed by atoms with Crippen LogP contribution in [0.15, 0.2) is 194 Å². The van der Waals surface area contributed by atoms with Gasteiger partial charge in [0.1, 0.15) is 0 Å². The minimum absolute atomic E-state index is 0.235. The highest BCUT2D eigenvalue weighted by Crippen LogP contribution is 2.52. The minimum atomic E-state index is -0.235. The molecule has 5 heteroatoms. The molecule has 286 valence electrons. The lowest BCUT2D eigenvalue weighted by atomic mass is 9.73. The third-order valence-electron chi connectivity index (χ3n) is 11.3. The fourth-order valence-corrected chi connectivity index (χ4v) is 8.27. The monoisotopic (exact) mass is 771 g/mol. The van der Waals surface area contributed by atoms with Crippen LogP contribution in [-0.2, 0) is 5.41 Å². The van der Waals surface area contributed by atoms with Gasteiger partial charge in [-0.15, -0.1) is 0 Å². The molecular weight excluding hydrogens is 731 g/mol. The van der Waals surface area contributed by atoms with E-state index in [0.29, 0.717) is 23.9 Å². The topological polar surface area (TPSA) is 53.9 Å². The molecule has 2 aliphatic rings. The van der Waals surface area contributed by atoms with Gasteiger partial charge in [-0.3, -0.25) is 0 Å². The molecule has 2 heterocycles. The largest absolute Gasteiger partial charge is 0.355 e. The molecule has 0 saturated heterocycles. The van der Waals surface area contributed by atoms with Crippen LogP contribution in [0.2, 0.25) is 0 Å². The summed E-state index contributed by atoms with van der Waals surface area (Å²) in [5, 5.41) is 3.71. The number of fused-ring (bicyclic) bond motifs is 2. The van der Waals surface area contributed by atoms with Crippen molar-refractivity contribution in [3.05, 3.63) is 217 Å². The SMILES string of the molecule is CC1(C)c2ccccc2N(c2ccccc2)c2ccc(-c3ccc(Nc4ccccc4)c(C4=CC(c5nc(-c6ccccc6)nc(-c6ccccc6)n5)=CCC#C4)c3)cc21. The van der Waals surface area contributed by atoms with Crippen LogP contribution in [0, 0.1) is 11.8 Å². The predicted octanol–water partition coefficient (Wildman–Crippen LogP) is 13.6. The van der Waals surface area contributed by atoms with Gasteiger partial charge in [-0.1, -0.05) is 159 Å². The molecule has 5 nitrogen and oxygen atoms in total. The second-order valence-electron chi connectivity index (χ2n) is 15.6. The fraction of sp³-hybridized carbons (Fsp3) is 0.0727. The third-order valence-corrected chi connectivity index (χ3v) is 11.3. The van der Waals surface area contributed by atoms with E-state index in [1.807, 2.05) is 78.9 Å². The molecule has 60 heavy (non-hydrogen) atoms. The average molecular weight is 772 g/mol. The number of aromatic nitrogens is 3. The highest BCUT2D eigenvalue weighted by Gasteiger charge is 2.37. The van der Waals surface area contributed by atoms with Gasteiger partial charge in [-0.05, 0) is 82.9 Å². The van der Waals surface area contributed by atoms with E-state index in [9.17, 15) is 0 Å². The Morgan fingerprint density at radius 1 is 0.533 bits per heavy atom. The zero-order valence-electron chi connectivity index (χ0n) is 33.5. The molecule has 0 amide bonds. The lowest BCUT2D eigenvalue weighted by Gasteiger charge is -2.42. The van der Waals surface area contributed by atoms with E-state index in [4.69, 9.17) is 15.0 Å². The molecule has 7 aromatic carbocycles. The van der Waals surface area contributed by atoms with Crippen LogP contribution >= 0.6 is 0 Å². The summed E-state index contributed by atoms with van der Waals surface area (Å²) in [5.41, 5.74) is 14.7. The summed E-state index contributed by atoms with van der Waals surface area (Å²) in [6, 6.07) is 63.5. The number of anilines is 5. The molecule has 10 rings (SSSR count). The van der Waals surface area contributed by atoms with Crippen LogP contribution in [0.5, 0.6) is 0 Å². The van der Waals surface area contributed by atoms with Crippen molar-refractivity contribution < 1.29 is 0 Å². The number of nitrogens with one attached hydrogen (secondary N) is 1. The van der Waals surface area contributed by atoms with Gasteiger partial charge in [0, 0.05) is 56.7 Å². The van der Waals surface area contributed by atoms with Gasteiger partial charge in [0.15, 0.2) is 17.5 Å². The number of hydrogen-bond donors (Lipinski definition) is 1. The van der Waals surface area contributed by atoms with Crippen LogP contribution in [0.25, 0.3) is 45.0 Å². The molecule has 0 saturated carbocycles. The van der Waals surface area contributed by atoms with Gasteiger partial charge in [0.2, 0.25) is 0 Å². The Balaban J connectivity index is 1.11. The normalized spacial score (nSPS) is 13.7. The van der Waals surface area contributed by atoms with Crippen molar-refractivity contribution in [3.8, 4) is 45.7 Å². The number of hydrogen-bond acceptors (Lipinski definition) is 5. The summed E-state index contributed by atoms with van der Waals surface area (Å²) in [4.78, 5) is 17.5. The van der Waals surface area contributed by atoms with Crippen molar-refractivity contribution >= 4 is 39.6 Å². The van der Waals surface area contributed by atoms with Crippen LogP contribution in [0.4, 0.5) is 28.4 Å². The Bertz CT molecular complexity index is 2940. The molecule has 0 unspecified atom stereocenters. The second-order valence-corrected chi connectivity index (χ2v) is 15.6. The summed E-state index contributed by atoms with van der Waals surface area (Å²) >= 11 is 0. The fourth-order valence-electron chi connectivity index (χ4n) is 8.27. The quantitative estimate of drug-likeness (QED) is 0.156. The first-order chi connectivity index (χ1) is 29.5. The van der Waals surface area contributed by atoms with Gasteiger partial charge in [0.25, 0.3) is 0 Å². The number of para-hydroxylation sites is 3. The van der Waals surface area contributed by atoms with E-state index >= 15 is 0 Å². The van der Waals surface area contributed by atoms with E-state index in [2.05, 4.69) is 151 Å². The molecule has 1 N–H and O–H groups in total. The van der Waals surface area contributed by atoms with E-state index < -0.39 is 0 Å². The van der Waals surface area contributed by atoms with Crippen molar-refractivity contribution in [2.24, 2.45) is 0 Å². The molecule has 1 aromatic heterocycles. The predicted molar refractivity (Wildman–Crippen MR) is 247 cm³/mol. The van der Waals surface area contributed by atoms with Crippen LogP contribution in [0.1, 0.15) is 42.8 Å². The zero-order chi connectivity index (χ0) is 40.5. The second kappa shape index (κ2) is 15.5. The molecule has 0 fully saturated rings. The maximum absolute atomic E-state index is 5.07. The molecule has 0 radical (unpaired) electrons. The van der Waals surface area contributed by atoms with Gasteiger partial charge < -0.3 is 10.2 Å². The zero-order valence-corrected chi connectivity index (χ0v) is 33.5. The van der Waals surface area contributed by atoms with Crippen LogP contribution < -0.4 is 10.2 Å². The Morgan fingerprint density at radius 3 is 1.80 bits per heavy atom. The Morgan fingerprint density at radius 2 is 1.10 bits per heavy atom. The number of benzene rings is 7. The van der Waals surface area contributed by atoms with E-state index in [-0.39, 0.29) is 5.41 Å². The van der Waals surface area contributed by atoms with E-state index in [0.717, 1.165) is 56.0 Å². The first kappa shape index (κ1) is 36.5. The van der Waals surface area contributed by atoms with Crippen LogP contribution in [-0.4, -0.2) is 15.0 Å². The lowest BCUT2D eigenvalue weighted by molar-refractivity contribution is 0.632. The standard InChI is InChI=1S/C55H41N5/c1-55(2)47-29-17-18-30-50(47)60(45-27-13-6-14-28-45)51-34-32-41(37-48(51)55)40-31-33-49(56-44-25-11-5-12-26-44)46(36-40)42-23-15-16-24-43(35-42)54-58-52(38-19-7-3-8-20-38)57-53(59-54)39-21-9-4-10-22-39/h3-14,17-22,24-37,56H,16H2,1-2H3. The molecule has 0 bridgehead atoms. The van der Waals surface area contributed by atoms with Crippen molar-refractivity contribution in [3.63, 3.8) is 0 Å². The maximum Gasteiger partial charge on any atom is 0.164 e. The molecule has 8 aromatic rings. The Kier molecular flexibility index (Phi) is 9.44. The number of allylic oxidation sites excluding steroid dienone is 4. The van der Waals surface area contributed by atoms with Gasteiger partial charge in [-0.25, -0.2) is 15.0 Å². The minimum Gasteiger partial charge on any atom is -0.355 e. The first-order valence-electron chi connectivity index (χ1n) is 20.3. The highest BCUT2D eigenvalue weighted by molar-refractivity contribution is 5.96. The number of rotatable bonds is 8. The lowest BCUT2D eigenvalue weighted by Crippen LogP contribution is -2.30. The average Bonchev–Trinajstić information content (AvgIpc) is 3.57. The van der Waals surface area contributed by atoms with E-state index in [1.165, 1.54) is 22.5 Å². The van der Waals surface area contributed by atoms with Crippen molar-refractivity contribution in [1.82, 2.24) is 15.0 Å². The first-order valence-corrected chi connectivity index (χ1v) is 20.3. The smallest absolute Gasteiger partial charge is 0.164 e. The molecule has 1 aliphatic carbocycles. The third kappa shape index (κ3) is 6.95. The highest BCUT2D eigenvalue weighted by atomic mass is 15.2.